The quantitative estimate of drug-likeness (QED) is 0.598. The summed E-state index contributed by atoms with van der Waals surface area (Å²) >= 11 is 0. The van der Waals surface area contributed by atoms with E-state index in [1.54, 1.807) is 12.3 Å². The molecule has 0 unspecified atom stereocenters. The Bertz CT molecular complexity index is 938. The van der Waals surface area contributed by atoms with Crippen molar-refractivity contribution in [3.8, 4) is 0 Å². The van der Waals surface area contributed by atoms with Crippen LogP contribution in [0.1, 0.15) is 36.1 Å². The Kier molecular flexibility index (Phi) is 6.10. The summed E-state index contributed by atoms with van der Waals surface area (Å²) in [6.45, 7) is 2.75. The predicted octanol–water partition coefficient (Wildman–Crippen LogP) is 5.13. The van der Waals surface area contributed by atoms with Gasteiger partial charge in [-0.2, -0.15) is 0 Å². The minimum atomic E-state index is -0.118. The normalized spacial score (nSPS) is 14.6. The van der Waals surface area contributed by atoms with Crippen LogP contribution in [0.4, 0.5) is 5.69 Å². The first-order chi connectivity index (χ1) is 14.3. The van der Waals surface area contributed by atoms with Crippen molar-refractivity contribution in [2.75, 3.05) is 18.0 Å². The molecule has 0 radical (unpaired) electrons. The molecular formula is C25H26N2O2. The Hall–Kier alpha value is -3.27. The van der Waals surface area contributed by atoms with Crippen molar-refractivity contribution in [3.05, 3.63) is 89.9 Å². The van der Waals surface area contributed by atoms with Gasteiger partial charge in [-0.1, -0.05) is 42.5 Å². The summed E-state index contributed by atoms with van der Waals surface area (Å²) < 4.78 is 5.41. The van der Waals surface area contributed by atoms with Gasteiger partial charge in [-0.3, -0.25) is 4.79 Å². The zero-order chi connectivity index (χ0) is 19.9. The third-order valence-corrected chi connectivity index (χ3v) is 5.27. The van der Waals surface area contributed by atoms with Crippen LogP contribution < -0.4 is 10.2 Å². The highest BCUT2D eigenvalue weighted by atomic mass is 16.3. The Labute approximate surface area is 171 Å². The van der Waals surface area contributed by atoms with Crippen LogP contribution >= 0.6 is 0 Å². The molecule has 4 heteroatoms. The minimum Gasteiger partial charge on any atom is -0.465 e. The number of benzene rings is 2. The fourth-order valence-electron chi connectivity index (χ4n) is 3.67. The molecule has 0 aliphatic carbocycles. The molecule has 0 bridgehead atoms. The van der Waals surface area contributed by atoms with Crippen molar-refractivity contribution >= 4 is 23.2 Å². The molecule has 148 valence electrons. The molecule has 29 heavy (non-hydrogen) atoms. The summed E-state index contributed by atoms with van der Waals surface area (Å²) in [5, 5.41) is 3.05. The molecule has 1 N–H and O–H groups in total. The number of rotatable bonds is 6. The monoisotopic (exact) mass is 386 g/mol. The van der Waals surface area contributed by atoms with Crippen molar-refractivity contribution in [3.63, 3.8) is 0 Å². The van der Waals surface area contributed by atoms with Gasteiger partial charge >= 0.3 is 0 Å². The van der Waals surface area contributed by atoms with Crippen molar-refractivity contribution in [2.45, 2.75) is 25.8 Å². The number of furan rings is 1. The third kappa shape index (κ3) is 4.96. The number of nitrogens with one attached hydrogen (secondary N) is 1. The first kappa shape index (κ1) is 19.1. The van der Waals surface area contributed by atoms with E-state index < -0.39 is 0 Å². The molecule has 0 atom stereocenters. The lowest BCUT2D eigenvalue weighted by Crippen LogP contribution is -2.29. The van der Waals surface area contributed by atoms with Crippen LogP contribution in [0.2, 0.25) is 0 Å². The average Bonchev–Trinajstić information content (AvgIpc) is 3.31. The van der Waals surface area contributed by atoms with E-state index in [1.165, 1.54) is 24.9 Å². The highest BCUT2D eigenvalue weighted by Gasteiger charge is 2.13. The maximum Gasteiger partial charge on any atom is 0.252 e. The Morgan fingerprint density at radius 2 is 1.69 bits per heavy atom. The zero-order valence-electron chi connectivity index (χ0n) is 16.5. The number of piperidine rings is 1. The fourth-order valence-corrected chi connectivity index (χ4v) is 3.67. The van der Waals surface area contributed by atoms with Crippen molar-refractivity contribution in [2.24, 2.45) is 0 Å². The fraction of sp³-hybridized carbons (Fsp3) is 0.240. The van der Waals surface area contributed by atoms with E-state index in [-0.39, 0.29) is 5.91 Å². The van der Waals surface area contributed by atoms with Gasteiger partial charge in [0.25, 0.3) is 5.91 Å². The summed E-state index contributed by atoms with van der Waals surface area (Å²) in [5.74, 6) is 0.539. The van der Waals surface area contributed by atoms with Crippen LogP contribution in [0.5, 0.6) is 0 Å². The summed E-state index contributed by atoms with van der Waals surface area (Å²) in [7, 11) is 0. The lowest BCUT2D eigenvalue weighted by atomic mass is 10.0. The van der Waals surface area contributed by atoms with Crippen LogP contribution in [0.15, 0.2) is 77.4 Å². The van der Waals surface area contributed by atoms with Gasteiger partial charge in [0.05, 0.1) is 11.8 Å². The average molecular weight is 386 g/mol. The second kappa shape index (κ2) is 9.28. The lowest BCUT2D eigenvalue weighted by molar-refractivity contribution is -0.115. The number of amides is 1. The smallest absolute Gasteiger partial charge is 0.252 e. The molecule has 1 fully saturated rings. The van der Waals surface area contributed by atoms with Crippen molar-refractivity contribution < 1.29 is 9.21 Å². The second-order valence-electron chi connectivity index (χ2n) is 7.34. The van der Waals surface area contributed by atoms with Gasteiger partial charge in [0.15, 0.2) is 0 Å². The predicted molar refractivity (Wildman–Crippen MR) is 117 cm³/mol. The highest BCUT2D eigenvalue weighted by Crippen LogP contribution is 2.21. The molecule has 1 aromatic heterocycles. The Balaban J connectivity index is 1.44. The standard InChI is InChI=1S/C25H26N2O2/c28-25(24(18-23-10-7-17-29-23)21-8-3-1-4-9-21)26-19-20-11-13-22(14-12-20)27-15-5-2-6-16-27/h1,3-4,7-14,17-18H,2,5-6,15-16,19H2,(H,26,28)/b24-18+. The molecule has 2 heterocycles. The van der Waals surface area contributed by atoms with E-state index in [0.29, 0.717) is 17.9 Å². The number of anilines is 1. The Morgan fingerprint density at radius 1 is 0.931 bits per heavy atom. The maximum absolute atomic E-state index is 12.9. The van der Waals surface area contributed by atoms with Crippen molar-refractivity contribution in [1.29, 1.82) is 0 Å². The van der Waals surface area contributed by atoms with Gasteiger partial charge in [0.1, 0.15) is 5.76 Å². The number of hydrogen-bond acceptors (Lipinski definition) is 3. The summed E-state index contributed by atoms with van der Waals surface area (Å²) in [6, 6.07) is 21.8. The maximum atomic E-state index is 12.9. The van der Waals surface area contributed by atoms with Gasteiger partial charge in [0.2, 0.25) is 0 Å². The van der Waals surface area contributed by atoms with E-state index in [0.717, 1.165) is 24.2 Å². The lowest BCUT2D eigenvalue weighted by Gasteiger charge is -2.28. The van der Waals surface area contributed by atoms with E-state index in [1.807, 2.05) is 42.5 Å². The van der Waals surface area contributed by atoms with Crippen molar-refractivity contribution in [1.82, 2.24) is 5.32 Å². The summed E-state index contributed by atoms with van der Waals surface area (Å²) in [4.78, 5) is 15.4. The van der Waals surface area contributed by atoms with Gasteiger partial charge in [0, 0.05) is 25.3 Å². The zero-order valence-corrected chi connectivity index (χ0v) is 16.5. The molecule has 4 nitrogen and oxygen atoms in total. The summed E-state index contributed by atoms with van der Waals surface area (Å²) in [6.07, 6.45) is 7.25. The van der Waals surface area contributed by atoms with Gasteiger partial charge in [-0.15, -0.1) is 0 Å². The van der Waals surface area contributed by atoms with Gasteiger partial charge in [-0.05, 0) is 60.7 Å². The van der Waals surface area contributed by atoms with E-state index in [9.17, 15) is 4.79 Å². The third-order valence-electron chi connectivity index (χ3n) is 5.27. The molecule has 1 aliphatic rings. The molecule has 2 aromatic carbocycles. The minimum absolute atomic E-state index is 0.118. The van der Waals surface area contributed by atoms with Gasteiger partial charge < -0.3 is 14.6 Å². The molecule has 1 amide bonds. The SMILES string of the molecule is O=C(NCc1ccc(N2CCCCC2)cc1)/C(=C/c1ccco1)c1ccccc1. The van der Waals surface area contributed by atoms with Crippen LogP contribution in [0.3, 0.4) is 0 Å². The molecule has 0 saturated carbocycles. The van der Waals surface area contributed by atoms with E-state index in [2.05, 4.69) is 34.5 Å². The Morgan fingerprint density at radius 3 is 2.38 bits per heavy atom. The number of hydrogen-bond donors (Lipinski definition) is 1. The topological polar surface area (TPSA) is 45.5 Å². The molecule has 4 rings (SSSR count). The van der Waals surface area contributed by atoms with Gasteiger partial charge in [-0.25, -0.2) is 0 Å². The number of nitrogens with zero attached hydrogens (tertiary/aromatic N) is 1. The summed E-state index contributed by atoms with van der Waals surface area (Å²) in [5.41, 5.74) is 3.80. The van der Waals surface area contributed by atoms with Crippen LogP contribution in [0.25, 0.3) is 11.6 Å². The first-order valence-electron chi connectivity index (χ1n) is 10.2. The second-order valence-corrected chi connectivity index (χ2v) is 7.34. The molecule has 1 aliphatic heterocycles. The van der Waals surface area contributed by atoms with E-state index in [4.69, 9.17) is 4.42 Å². The molecule has 0 spiro atoms. The highest BCUT2D eigenvalue weighted by molar-refractivity contribution is 6.24. The first-order valence-corrected chi connectivity index (χ1v) is 10.2. The van der Waals surface area contributed by atoms with E-state index >= 15 is 0 Å². The number of carbonyl (C=O) groups is 1. The largest absolute Gasteiger partial charge is 0.465 e. The molecular weight excluding hydrogens is 360 g/mol. The molecule has 1 saturated heterocycles. The number of carbonyl (C=O) groups excluding carboxylic acids is 1. The van der Waals surface area contributed by atoms with Crippen LogP contribution in [-0.4, -0.2) is 19.0 Å². The van der Waals surface area contributed by atoms with Crippen LogP contribution in [0, 0.1) is 0 Å². The molecule has 3 aromatic rings. The van der Waals surface area contributed by atoms with Crippen LogP contribution in [-0.2, 0) is 11.3 Å².